The van der Waals surface area contributed by atoms with Crippen molar-refractivity contribution in [3.63, 3.8) is 0 Å². The molecule has 2 aromatic rings. The fourth-order valence-electron chi connectivity index (χ4n) is 3.78. The molecule has 1 aromatic heterocycles. The average molecular weight is 401 g/mol. The van der Waals surface area contributed by atoms with Gasteiger partial charge in [0, 0.05) is 58.1 Å². The predicted molar refractivity (Wildman–Crippen MR) is 116 cm³/mol. The number of hydrogen-bond donors (Lipinski definition) is 2. The van der Waals surface area contributed by atoms with Gasteiger partial charge in [0.05, 0.1) is 24.5 Å². The Morgan fingerprint density at radius 1 is 1.21 bits per heavy atom. The van der Waals surface area contributed by atoms with Crippen molar-refractivity contribution in [2.75, 3.05) is 51.8 Å². The molecule has 1 saturated heterocycles. The SMILES string of the molecule is CN=C(NCc1c(C)nn(CCOC)c1C)N1CCN(c2ccccc2O)CC1. The van der Waals surface area contributed by atoms with Crippen molar-refractivity contribution >= 4 is 11.6 Å². The van der Waals surface area contributed by atoms with E-state index in [1.165, 1.54) is 5.56 Å². The van der Waals surface area contributed by atoms with Gasteiger partial charge in [-0.2, -0.15) is 5.10 Å². The van der Waals surface area contributed by atoms with Crippen LogP contribution in [0.1, 0.15) is 17.0 Å². The lowest BCUT2D eigenvalue weighted by molar-refractivity contribution is 0.182. The number of aryl methyl sites for hydroxylation is 1. The Bertz CT molecular complexity index is 840. The third-order valence-corrected chi connectivity index (χ3v) is 5.48. The molecule has 0 spiro atoms. The molecule has 1 fully saturated rings. The first-order valence-corrected chi connectivity index (χ1v) is 10.1. The predicted octanol–water partition coefficient (Wildman–Crippen LogP) is 1.75. The molecule has 8 nitrogen and oxygen atoms in total. The average Bonchev–Trinajstić information content (AvgIpc) is 3.01. The van der Waals surface area contributed by atoms with Gasteiger partial charge in [-0.15, -0.1) is 0 Å². The first-order valence-electron chi connectivity index (χ1n) is 10.1. The summed E-state index contributed by atoms with van der Waals surface area (Å²) in [5, 5.41) is 18.2. The van der Waals surface area contributed by atoms with Crippen molar-refractivity contribution in [3.05, 3.63) is 41.2 Å². The molecule has 0 atom stereocenters. The number of phenolic OH excluding ortho intramolecular Hbond substituents is 1. The Kier molecular flexibility index (Phi) is 6.98. The number of rotatable bonds is 6. The van der Waals surface area contributed by atoms with Crippen LogP contribution in [-0.2, 0) is 17.8 Å². The quantitative estimate of drug-likeness (QED) is 0.568. The number of para-hydroxylation sites is 2. The van der Waals surface area contributed by atoms with Crippen LogP contribution in [0.5, 0.6) is 5.75 Å². The summed E-state index contributed by atoms with van der Waals surface area (Å²) in [6.07, 6.45) is 0. The minimum absolute atomic E-state index is 0.333. The summed E-state index contributed by atoms with van der Waals surface area (Å²) in [4.78, 5) is 8.95. The van der Waals surface area contributed by atoms with Gasteiger partial charge in [0.25, 0.3) is 0 Å². The summed E-state index contributed by atoms with van der Waals surface area (Å²) in [5.74, 6) is 1.23. The van der Waals surface area contributed by atoms with E-state index in [0.29, 0.717) is 18.9 Å². The summed E-state index contributed by atoms with van der Waals surface area (Å²) in [7, 11) is 3.52. The van der Waals surface area contributed by atoms with Gasteiger partial charge in [0.2, 0.25) is 0 Å². The highest BCUT2D eigenvalue weighted by atomic mass is 16.5. The molecule has 29 heavy (non-hydrogen) atoms. The number of nitrogens with one attached hydrogen (secondary N) is 1. The number of aromatic nitrogens is 2. The maximum absolute atomic E-state index is 10.1. The molecule has 1 aromatic carbocycles. The van der Waals surface area contributed by atoms with Crippen LogP contribution in [0.2, 0.25) is 0 Å². The summed E-state index contributed by atoms with van der Waals surface area (Å²) in [6.45, 7) is 9.61. The van der Waals surface area contributed by atoms with E-state index in [4.69, 9.17) is 4.74 Å². The summed E-state index contributed by atoms with van der Waals surface area (Å²) in [6, 6.07) is 7.51. The smallest absolute Gasteiger partial charge is 0.194 e. The van der Waals surface area contributed by atoms with E-state index in [9.17, 15) is 5.11 Å². The van der Waals surface area contributed by atoms with Gasteiger partial charge in [-0.05, 0) is 26.0 Å². The molecule has 0 radical (unpaired) electrons. The van der Waals surface area contributed by atoms with Crippen molar-refractivity contribution in [3.8, 4) is 5.75 Å². The highest BCUT2D eigenvalue weighted by Gasteiger charge is 2.22. The Balaban J connectivity index is 1.58. The first kappa shape index (κ1) is 21.0. The van der Waals surface area contributed by atoms with Gasteiger partial charge in [-0.1, -0.05) is 12.1 Å². The Hall–Kier alpha value is -2.74. The number of ether oxygens (including phenoxy) is 1. The molecule has 1 aliphatic heterocycles. The van der Waals surface area contributed by atoms with Crippen LogP contribution < -0.4 is 10.2 Å². The zero-order chi connectivity index (χ0) is 20.8. The summed E-state index contributed by atoms with van der Waals surface area (Å²) in [5.41, 5.74) is 4.29. The number of anilines is 1. The van der Waals surface area contributed by atoms with Gasteiger partial charge in [-0.3, -0.25) is 9.67 Å². The molecule has 1 aliphatic rings. The molecule has 0 amide bonds. The zero-order valence-corrected chi connectivity index (χ0v) is 17.9. The topological polar surface area (TPSA) is 78.2 Å². The largest absolute Gasteiger partial charge is 0.506 e. The van der Waals surface area contributed by atoms with Gasteiger partial charge in [-0.25, -0.2) is 0 Å². The molecule has 2 N–H and O–H groups in total. The first-order chi connectivity index (χ1) is 14.0. The van der Waals surface area contributed by atoms with E-state index >= 15 is 0 Å². The van der Waals surface area contributed by atoms with E-state index in [-0.39, 0.29) is 0 Å². The van der Waals surface area contributed by atoms with E-state index in [1.807, 2.05) is 36.9 Å². The van der Waals surface area contributed by atoms with Crippen LogP contribution in [0.4, 0.5) is 5.69 Å². The van der Waals surface area contributed by atoms with E-state index in [0.717, 1.165) is 55.8 Å². The molecule has 2 heterocycles. The number of nitrogens with zero attached hydrogens (tertiary/aromatic N) is 5. The summed E-state index contributed by atoms with van der Waals surface area (Å²) >= 11 is 0. The number of methoxy groups -OCH3 is 1. The monoisotopic (exact) mass is 400 g/mol. The van der Waals surface area contributed by atoms with Gasteiger partial charge >= 0.3 is 0 Å². The van der Waals surface area contributed by atoms with Crippen molar-refractivity contribution in [2.24, 2.45) is 4.99 Å². The number of guanidine groups is 1. The minimum atomic E-state index is 0.333. The van der Waals surface area contributed by atoms with Gasteiger partial charge < -0.3 is 25.0 Å². The lowest BCUT2D eigenvalue weighted by atomic mass is 10.2. The van der Waals surface area contributed by atoms with Crippen LogP contribution in [0.15, 0.2) is 29.3 Å². The number of benzene rings is 1. The third-order valence-electron chi connectivity index (χ3n) is 5.48. The molecular weight excluding hydrogens is 368 g/mol. The fourth-order valence-corrected chi connectivity index (χ4v) is 3.78. The van der Waals surface area contributed by atoms with E-state index < -0.39 is 0 Å². The fraction of sp³-hybridized carbons (Fsp3) is 0.524. The minimum Gasteiger partial charge on any atom is -0.506 e. The number of hydrogen-bond acceptors (Lipinski definition) is 5. The van der Waals surface area contributed by atoms with E-state index in [1.54, 1.807) is 13.2 Å². The second-order valence-corrected chi connectivity index (χ2v) is 7.23. The second kappa shape index (κ2) is 9.65. The molecule has 3 rings (SSSR count). The second-order valence-electron chi connectivity index (χ2n) is 7.23. The highest BCUT2D eigenvalue weighted by molar-refractivity contribution is 5.80. The molecule has 0 aliphatic carbocycles. The van der Waals surface area contributed by atoms with Crippen LogP contribution in [0, 0.1) is 13.8 Å². The van der Waals surface area contributed by atoms with Gasteiger partial charge in [0.1, 0.15) is 5.75 Å². The maximum atomic E-state index is 10.1. The van der Waals surface area contributed by atoms with Crippen LogP contribution in [0.25, 0.3) is 0 Å². The molecule has 0 bridgehead atoms. The third kappa shape index (κ3) is 4.82. The van der Waals surface area contributed by atoms with Crippen molar-refractivity contribution < 1.29 is 9.84 Å². The molecule has 0 unspecified atom stereocenters. The van der Waals surface area contributed by atoms with Crippen molar-refractivity contribution in [2.45, 2.75) is 26.9 Å². The normalized spacial score (nSPS) is 15.1. The van der Waals surface area contributed by atoms with Crippen LogP contribution in [0.3, 0.4) is 0 Å². The summed E-state index contributed by atoms with van der Waals surface area (Å²) < 4.78 is 7.17. The number of aromatic hydroxyl groups is 1. The lowest BCUT2D eigenvalue weighted by Gasteiger charge is -2.37. The number of piperazine rings is 1. The standard InChI is InChI=1S/C21H32N6O2/c1-16-18(17(2)27(24-16)13-14-29-4)15-23-21(22-3)26-11-9-25(10-12-26)19-7-5-6-8-20(19)28/h5-8,28H,9-15H2,1-4H3,(H,22,23). The molecule has 8 heteroatoms. The Morgan fingerprint density at radius 2 is 1.93 bits per heavy atom. The Labute approximate surface area is 172 Å². The van der Waals surface area contributed by atoms with E-state index in [2.05, 4.69) is 32.1 Å². The molecule has 0 saturated carbocycles. The molecule has 158 valence electrons. The van der Waals surface area contributed by atoms with Crippen molar-refractivity contribution in [1.29, 1.82) is 0 Å². The highest BCUT2D eigenvalue weighted by Crippen LogP contribution is 2.27. The van der Waals surface area contributed by atoms with Crippen molar-refractivity contribution in [1.82, 2.24) is 20.0 Å². The van der Waals surface area contributed by atoms with Crippen LogP contribution in [-0.4, -0.2) is 72.7 Å². The zero-order valence-electron chi connectivity index (χ0n) is 17.9. The lowest BCUT2D eigenvalue weighted by Crippen LogP contribution is -2.52. The number of aliphatic imine (C=N–C) groups is 1. The maximum Gasteiger partial charge on any atom is 0.194 e. The van der Waals surface area contributed by atoms with Crippen LogP contribution >= 0.6 is 0 Å². The Morgan fingerprint density at radius 3 is 2.59 bits per heavy atom. The number of phenols is 1. The molecular formula is C21H32N6O2. The van der Waals surface area contributed by atoms with Gasteiger partial charge in [0.15, 0.2) is 5.96 Å².